The SMILES string of the molecule is CN(C)CC1CCN(CCOc2ccc(Cl)cc2)CC1.Cl.Cl. The first-order valence-electron chi connectivity index (χ1n) is 7.39. The molecule has 0 saturated carbocycles. The normalized spacial score (nSPS) is 16.0. The Morgan fingerprint density at radius 2 is 1.73 bits per heavy atom. The Morgan fingerprint density at radius 3 is 2.27 bits per heavy atom. The third kappa shape index (κ3) is 7.89. The Bertz CT molecular complexity index is 393. The molecule has 0 aliphatic carbocycles. The number of benzene rings is 1. The van der Waals surface area contributed by atoms with Gasteiger partial charge in [0.15, 0.2) is 0 Å². The highest BCUT2D eigenvalue weighted by Gasteiger charge is 2.19. The zero-order valence-electron chi connectivity index (χ0n) is 13.3. The van der Waals surface area contributed by atoms with Crippen LogP contribution < -0.4 is 4.74 Å². The summed E-state index contributed by atoms with van der Waals surface area (Å²) in [4.78, 5) is 4.80. The second kappa shape index (κ2) is 11.4. The molecule has 1 aliphatic rings. The van der Waals surface area contributed by atoms with Gasteiger partial charge in [0.05, 0.1) is 0 Å². The van der Waals surface area contributed by atoms with Gasteiger partial charge in [-0.2, -0.15) is 0 Å². The summed E-state index contributed by atoms with van der Waals surface area (Å²) >= 11 is 5.85. The summed E-state index contributed by atoms with van der Waals surface area (Å²) in [5, 5.41) is 0.750. The molecule has 1 aromatic carbocycles. The molecular weight excluding hydrogens is 343 g/mol. The first-order valence-corrected chi connectivity index (χ1v) is 7.77. The van der Waals surface area contributed by atoms with E-state index in [1.807, 2.05) is 24.3 Å². The molecule has 1 fully saturated rings. The molecule has 0 unspecified atom stereocenters. The van der Waals surface area contributed by atoms with Crippen molar-refractivity contribution in [2.45, 2.75) is 12.8 Å². The highest BCUT2D eigenvalue weighted by atomic mass is 35.5. The minimum Gasteiger partial charge on any atom is -0.492 e. The summed E-state index contributed by atoms with van der Waals surface area (Å²) < 4.78 is 5.75. The van der Waals surface area contributed by atoms with Crippen LogP contribution in [0.1, 0.15) is 12.8 Å². The summed E-state index contributed by atoms with van der Waals surface area (Å²) in [5.74, 6) is 1.76. The van der Waals surface area contributed by atoms with Gasteiger partial charge in [0.2, 0.25) is 0 Å². The minimum absolute atomic E-state index is 0. The highest BCUT2D eigenvalue weighted by Crippen LogP contribution is 2.18. The van der Waals surface area contributed by atoms with Crippen molar-refractivity contribution in [1.29, 1.82) is 0 Å². The fourth-order valence-electron chi connectivity index (χ4n) is 2.73. The number of nitrogens with zero attached hydrogens (tertiary/aromatic N) is 2. The van der Waals surface area contributed by atoms with Gasteiger partial charge in [0.25, 0.3) is 0 Å². The van der Waals surface area contributed by atoms with Crippen molar-refractivity contribution in [3.63, 3.8) is 0 Å². The van der Waals surface area contributed by atoms with Crippen LogP contribution >= 0.6 is 36.4 Å². The van der Waals surface area contributed by atoms with Gasteiger partial charge in [-0.15, -0.1) is 24.8 Å². The van der Waals surface area contributed by atoms with E-state index in [1.54, 1.807) is 0 Å². The summed E-state index contributed by atoms with van der Waals surface area (Å²) in [6.45, 7) is 5.37. The second-order valence-electron chi connectivity index (χ2n) is 5.85. The van der Waals surface area contributed by atoms with Crippen molar-refractivity contribution in [2.75, 3.05) is 46.9 Å². The molecule has 2 rings (SSSR count). The standard InChI is InChI=1S/C16H25ClN2O.2ClH/c1-18(2)13-14-7-9-19(10-8-14)11-12-20-16-5-3-15(17)4-6-16;;/h3-6,14H,7-13H2,1-2H3;2*1H. The predicted octanol–water partition coefficient (Wildman–Crippen LogP) is 3.84. The molecule has 6 heteroatoms. The average molecular weight is 370 g/mol. The van der Waals surface area contributed by atoms with E-state index in [1.165, 1.54) is 32.5 Å². The van der Waals surface area contributed by atoms with Gasteiger partial charge < -0.3 is 9.64 Å². The van der Waals surface area contributed by atoms with Crippen molar-refractivity contribution in [2.24, 2.45) is 5.92 Å². The largest absolute Gasteiger partial charge is 0.492 e. The van der Waals surface area contributed by atoms with Gasteiger partial charge in [-0.25, -0.2) is 0 Å². The lowest BCUT2D eigenvalue weighted by Crippen LogP contribution is -2.39. The molecule has 0 radical (unpaired) electrons. The quantitative estimate of drug-likeness (QED) is 0.758. The first kappa shape index (κ1) is 21.8. The van der Waals surface area contributed by atoms with E-state index in [4.69, 9.17) is 16.3 Å². The van der Waals surface area contributed by atoms with Crippen LogP contribution in [0.5, 0.6) is 5.75 Å². The van der Waals surface area contributed by atoms with Gasteiger partial charge in [-0.05, 0) is 70.2 Å². The summed E-state index contributed by atoms with van der Waals surface area (Å²) in [5.41, 5.74) is 0. The molecule has 0 aromatic heterocycles. The van der Waals surface area contributed by atoms with Crippen LogP contribution in [-0.4, -0.2) is 56.7 Å². The molecule has 0 atom stereocenters. The maximum absolute atomic E-state index is 5.85. The van der Waals surface area contributed by atoms with Gasteiger partial charge >= 0.3 is 0 Å². The molecule has 22 heavy (non-hydrogen) atoms. The van der Waals surface area contributed by atoms with Gasteiger partial charge in [0, 0.05) is 18.1 Å². The van der Waals surface area contributed by atoms with Crippen molar-refractivity contribution >= 4 is 36.4 Å². The monoisotopic (exact) mass is 368 g/mol. The molecule has 1 aromatic rings. The number of ether oxygens (including phenoxy) is 1. The summed E-state index contributed by atoms with van der Waals surface area (Å²) in [7, 11) is 4.32. The smallest absolute Gasteiger partial charge is 0.119 e. The molecule has 1 heterocycles. The lowest BCUT2D eigenvalue weighted by Gasteiger charge is -2.33. The van der Waals surface area contributed by atoms with Crippen LogP contribution in [0.25, 0.3) is 0 Å². The Balaban J connectivity index is 0.00000220. The zero-order valence-corrected chi connectivity index (χ0v) is 15.7. The van der Waals surface area contributed by atoms with Crippen molar-refractivity contribution < 1.29 is 4.74 Å². The van der Waals surface area contributed by atoms with Crippen LogP contribution in [0.15, 0.2) is 24.3 Å². The maximum atomic E-state index is 5.85. The summed E-state index contributed by atoms with van der Waals surface area (Å²) in [6.07, 6.45) is 2.61. The fourth-order valence-corrected chi connectivity index (χ4v) is 2.86. The van der Waals surface area contributed by atoms with E-state index >= 15 is 0 Å². The Morgan fingerprint density at radius 1 is 1.14 bits per heavy atom. The molecule has 1 saturated heterocycles. The number of likely N-dealkylation sites (tertiary alicyclic amines) is 1. The molecular formula is C16H27Cl3N2O. The first-order chi connectivity index (χ1) is 9.63. The fraction of sp³-hybridized carbons (Fsp3) is 0.625. The predicted molar refractivity (Wildman–Crippen MR) is 99.2 cm³/mol. The molecule has 0 amide bonds. The minimum atomic E-state index is 0. The Kier molecular flexibility index (Phi) is 11.3. The van der Waals surface area contributed by atoms with Gasteiger partial charge in [-0.3, -0.25) is 4.90 Å². The van der Waals surface area contributed by atoms with E-state index in [0.717, 1.165) is 29.8 Å². The molecule has 1 aliphatic heterocycles. The van der Waals surface area contributed by atoms with Crippen molar-refractivity contribution in [3.05, 3.63) is 29.3 Å². The molecule has 0 bridgehead atoms. The zero-order chi connectivity index (χ0) is 14.4. The average Bonchev–Trinajstić information content (AvgIpc) is 2.42. The van der Waals surface area contributed by atoms with Crippen LogP contribution in [0.4, 0.5) is 0 Å². The molecule has 0 N–H and O–H groups in total. The number of rotatable bonds is 6. The molecule has 0 spiro atoms. The molecule has 3 nitrogen and oxygen atoms in total. The number of hydrogen-bond acceptors (Lipinski definition) is 3. The van der Waals surface area contributed by atoms with Crippen LogP contribution in [0.2, 0.25) is 5.02 Å². The number of halogens is 3. The summed E-state index contributed by atoms with van der Waals surface area (Å²) in [6, 6.07) is 7.57. The lowest BCUT2D eigenvalue weighted by atomic mass is 9.96. The second-order valence-corrected chi connectivity index (χ2v) is 6.29. The van der Waals surface area contributed by atoms with Crippen LogP contribution in [-0.2, 0) is 0 Å². The van der Waals surface area contributed by atoms with E-state index in [9.17, 15) is 0 Å². The number of piperidine rings is 1. The Labute approximate surface area is 151 Å². The van der Waals surface area contributed by atoms with Crippen molar-refractivity contribution in [3.8, 4) is 5.75 Å². The van der Waals surface area contributed by atoms with Crippen molar-refractivity contribution in [1.82, 2.24) is 9.80 Å². The van der Waals surface area contributed by atoms with E-state index in [2.05, 4.69) is 23.9 Å². The Hall–Kier alpha value is -0.190. The maximum Gasteiger partial charge on any atom is 0.119 e. The molecule has 128 valence electrons. The highest BCUT2D eigenvalue weighted by molar-refractivity contribution is 6.30. The van der Waals surface area contributed by atoms with E-state index in [-0.39, 0.29) is 24.8 Å². The third-order valence-corrected chi connectivity index (χ3v) is 4.07. The van der Waals surface area contributed by atoms with E-state index < -0.39 is 0 Å². The topological polar surface area (TPSA) is 15.7 Å². The third-order valence-electron chi connectivity index (χ3n) is 3.82. The van der Waals surface area contributed by atoms with Crippen LogP contribution in [0.3, 0.4) is 0 Å². The van der Waals surface area contributed by atoms with Gasteiger partial charge in [-0.1, -0.05) is 11.6 Å². The lowest BCUT2D eigenvalue weighted by molar-refractivity contribution is 0.141. The van der Waals surface area contributed by atoms with Gasteiger partial charge in [0.1, 0.15) is 12.4 Å². The van der Waals surface area contributed by atoms with E-state index in [0.29, 0.717) is 0 Å². The van der Waals surface area contributed by atoms with Crippen LogP contribution in [0, 0.1) is 5.92 Å². The number of hydrogen-bond donors (Lipinski definition) is 0.